The van der Waals surface area contributed by atoms with E-state index in [1.165, 1.54) is 42.6 Å². The van der Waals surface area contributed by atoms with Gasteiger partial charge in [0.2, 0.25) is 11.0 Å². The Bertz CT molecular complexity index is 755. The minimum absolute atomic E-state index is 0.134. The molecular formula is C22H31N3OS. The summed E-state index contributed by atoms with van der Waals surface area (Å²) in [6, 6.07) is 8.51. The summed E-state index contributed by atoms with van der Waals surface area (Å²) in [6.07, 6.45) is 6.84. The zero-order chi connectivity index (χ0) is 19.4. The second kappa shape index (κ2) is 8.51. The molecule has 3 rings (SSSR count). The molecule has 0 aliphatic heterocycles. The van der Waals surface area contributed by atoms with E-state index >= 15 is 0 Å². The molecule has 1 aromatic heterocycles. The van der Waals surface area contributed by atoms with Crippen molar-refractivity contribution in [3.05, 3.63) is 29.8 Å². The third-order valence-corrected chi connectivity index (χ3v) is 6.50. The van der Waals surface area contributed by atoms with Gasteiger partial charge in [-0.25, -0.2) is 0 Å². The SMILES string of the molecule is CCN(C(=O)CCC1CCCC1)c1nnc(-c2ccc(C(C)(C)C)cc2)s1. The first kappa shape index (κ1) is 20.0. The van der Waals surface area contributed by atoms with Crippen LogP contribution in [0.4, 0.5) is 5.13 Å². The zero-order valence-corrected chi connectivity index (χ0v) is 17.8. The lowest BCUT2D eigenvalue weighted by Crippen LogP contribution is -2.30. The summed E-state index contributed by atoms with van der Waals surface area (Å²) >= 11 is 1.50. The zero-order valence-electron chi connectivity index (χ0n) is 17.0. The van der Waals surface area contributed by atoms with Crippen LogP contribution in [-0.4, -0.2) is 22.6 Å². The summed E-state index contributed by atoms with van der Waals surface area (Å²) in [6.45, 7) is 9.28. The highest BCUT2D eigenvalue weighted by Gasteiger charge is 2.22. The van der Waals surface area contributed by atoms with Crippen molar-refractivity contribution < 1.29 is 4.79 Å². The average Bonchev–Trinajstić information content (AvgIpc) is 3.32. The van der Waals surface area contributed by atoms with Crippen LogP contribution >= 0.6 is 11.3 Å². The number of hydrogen-bond acceptors (Lipinski definition) is 4. The second-order valence-corrected chi connectivity index (χ2v) is 9.50. The summed E-state index contributed by atoms with van der Waals surface area (Å²) in [7, 11) is 0. The molecule has 0 spiro atoms. The predicted octanol–water partition coefficient (Wildman–Crippen LogP) is 5.83. The number of nitrogens with zero attached hydrogens (tertiary/aromatic N) is 3. The lowest BCUT2D eigenvalue weighted by Gasteiger charge is -2.19. The van der Waals surface area contributed by atoms with E-state index in [1.54, 1.807) is 4.90 Å². The van der Waals surface area contributed by atoms with Crippen molar-refractivity contribution in [3.8, 4) is 10.6 Å². The first-order valence-electron chi connectivity index (χ1n) is 10.1. The average molecular weight is 386 g/mol. The number of rotatable bonds is 6. The topological polar surface area (TPSA) is 46.1 Å². The van der Waals surface area contributed by atoms with Crippen LogP contribution in [0.3, 0.4) is 0 Å². The van der Waals surface area contributed by atoms with Crippen molar-refractivity contribution in [2.24, 2.45) is 5.92 Å². The predicted molar refractivity (Wildman–Crippen MR) is 113 cm³/mol. The Balaban J connectivity index is 1.68. The molecule has 1 aliphatic carbocycles. The Morgan fingerprint density at radius 2 is 1.81 bits per heavy atom. The summed E-state index contributed by atoms with van der Waals surface area (Å²) in [5, 5.41) is 10.2. The highest BCUT2D eigenvalue weighted by molar-refractivity contribution is 7.18. The van der Waals surface area contributed by atoms with E-state index in [1.807, 2.05) is 6.92 Å². The van der Waals surface area contributed by atoms with Gasteiger partial charge in [0.25, 0.3) is 0 Å². The number of carbonyl (C=O) groups is 1. The maximum atomic E-state index is 12.7. The van der Waals surface area contributed by atoms with Crippen LogP contribution < -0.4 is 4.90 Å². The van der Waals surface area contributed by atoms with E-state index in [4.69, 9.17) is 0 Å². The van der Waals surface area contributed by atoms with E-state index in [9.17, 15) is 4.79 Å². The summed E-state index contributed by atoms with van der Waals surface area (Å²) in [4.78, 5) is 14.5. The molecule has 2 aromatic rings. The molecule has 1 aliphatic rings. The highest BCUT2D eigenvalue weighted by Crippen LogP contribution is 2.32. The van der Waals surface area contributed by atoms with Gasteiger partial charge in [0, 0.05) is 18.5 Å². The third kappa shape index (κ3) is 4.95. The molecule has 0 bridgehead atoms. The molecule has 1 fully saturated rings. The maximum Gasteiger partial charge on any atom is 0.228 e. The van der Waals surface area contributed by atoms with Crippen LogP contribution in [0, 0.1) is 5.92 Å². The minimum atomic E-state index is 0.134. The quantitative estimate of drug-likeness (QED) is 0.629. The summed E-state index contributed by atoms with van der Waals surface area (Å²) < 4.78 is 0. The fraction of sp³-hybridized carbons (Fsp3) is 0.591. The summed E-state index contributed by atoms with van der Waals surface area (Å²) in [5.41, 5.74) is 2.49. The molecule has 27 heavy (non-hydrogen) atoms. The van der Waals surface area contributed by atoms with E-state index in [-0.39, 0.29) is 11.3 Å². The molecule has 0 unspecified atom stereocenters. The fourth-order valence-electron chi connectivity index (χ4n) is 3.73. The number of aromatic nitrogens is 2. The van der Waals surface area contributed by atoms with E-state index in [0.717, 1.165) is 22.9 Å². The molecule has 1 heterocycles. The smallest absolute Gasteiger partial charge is 0.228 e. The van der Waals surface area contributed by atoms with E-state index in [0.29, 0.717) is 18.1 Å². The molecule has 146 valence electrons. The van der Waals surface area contributed by atoms with Crippen molar-refractivity contribution >= 4 is 22.4 Å². The number of benzene rings is 1. The van der Waals surface area contributed by atoms with Crippen molar-refractivity contribution in [1.29, 1.82) is 0 Å². The Kier molecular flexibility index (Phi) is 6.30. The van der Waals surface area contributed by atoms with Gasteiger partial charge in [-0.2, -0.15) is 0 Å². The molecule has 0 saturated heterocycles. The van der Waals surface area contributed by atoms with Crippen LogP contribution in [0.5, 0.6) is 0 Å². The second-order valence-electron chi connectivity index (χ2n) is 8.54. The molecule has 5 heteroatoms. The van der Waals surface area contributed by atoms with Crippen LogP contribution in [0.2, 0.25) is 0 Å². The lowest BCUT2D eigenvalue weighted by molar-refractivity contribution is -0.118. The molecule has 4 nitrogen and oxygen atoms in total. The Morgan fingerprint density at radius 1 is 1.15 bits per heavy atom. The fourth-order valence-corrected chi connectivity index (χ4v) is 4.67. The number of hydrogen-bond donors (Lipinski definition) is 0. The summed E-state index contributed by atoms with van der Waals surface area (Å²) in [5.74, 6) is 0.911. The molecule has 0 atom stereocenters. The Morgan fingerprint density at radius 3 is 2.41 bits per heavy atom. The van der Waals surface area contributed by atoms with Gasteiger partial charge < -0.3 is 0 Å². The number of carbonyl (C=O) groups excluding carboxylic acids is 1. The number of anilines is 1. The highest BCUT2D eigenvalue weighted by atomic mass is 32.1. The maximum absolute atomic E-state index is 12.7. The van der Waals surface area contributed by atoms with Crippen molar-refractivity contribution in [2.75, 3.05) is 11.4 Å². The first-order chi connectivity index (χ1) is 12.9. The van der Waals surface area contributed by atoms with Gasteiger partial charge in [-0.1, -0.05) is 82.1 Å². The van der Waals surface area contributed by atoms with Crippen molar-refractivity contribution in [2.45, 2.75) is 71.6 Å². The van der Waals surface area contributed by atoms with E-state index in [2.05, 4.69) is 55.2 Å². The van der Waals surface area contributed by atoms with Crippen molar-refractivity contribution in [1.82, 2.24) is 10.2 Å². The van der Waals surface area contributed by atoms with Gasteiger partial charge in [0.05, 0.1) is 0 Å². The molecular weight excluding hydrogens is 354 g/mol. The molecule has 1 saturated carbocycles. The minimum Gasteiger partial charge on any atom is -0.287 e. The molecule has 1 amide bonds. The Hall–Kier alpha value is -1.75. The Labute approximate surface area is 167 Å². The van der Waals surface area contributed by atoms with Crippen LogP contribution in [-0.2, 0) is 10.2 Å². The largest absolute Gasteiger partial charge is 0.287 e. The lowest BCUT2D eigenvalue weighted by atomic mass is 9.87. The van der Waals surface area contributed by atoms with Crippen LogP contribution in [0.15, 0.2) is 24.3 Å². The van der Waals surface area contributed by atoms with Crippen molar-refractivity contribution in [3.63, 3.8) is 0 Å². The van der Waals surface area contributed by atoms with Gasteiger partial charge in [0.1, 0.15) is 5.01 Å². The molecule has 0 N–H and O–H groups in total. The monoisotopic (exact) mass is 385 g/mol. The molecule has 0 radical (unpaired) electrons. The van der Waals surface area contributed by atoms with Gasteiger partial charge in [-0.05, 0) is 30.2 Å². The standard InChI is InChI=1S/C22H31N3OS/c1-5-25(19(26)15-10-16-8-6-7-9-16)21-24-23-20(27-21)17-11-13-18(14-12-17)22(2,3)4/h11-14,16H,5-10,15H2,1-4H3. The van der Waals surface area contributed by atoms with Gasteiger partial charge in [-0.3, -0.25) is 9.69 Å². The third-order valence-electron chi connectivity index (χ3n) is 5.50. The van der Waals surface area contributed by atoms with Gasteiger partial charge in [0.15, 0.2) is 0 Å². The van der Waals surface area contributed by atoms with Crippen LogP contribution in [0.25, 0.3) is 10.6 Å². The van der Waals surface area contributed by atoms with E-state index < -0.39 is 0 Å². The van der Waals surface area contributed by atoms with Crippen LogP contribution in [0.1, 0.15) is 71.8 Å². The van der Waals surface area contributed by atoms with Gasteiger partial charge in [-0.15, -0.1) is 10.2 Å². The number of amides is 1. The molecule has 1 aromatic carbocycles. The normalized spacial score (nSPS) is 15.3. The first-order valence-corrected chi connectivity index (χ1v) is 10.9. The van der Waals surface area contributed by atoms with Gasteiger partial charge >= 0.3 is 0 Å².